The molecular formula is C23H27F3N4O4S. The van der Waals surface area contributed by atoms with Gasteiger partial charge in [-0.3, -0.25) is 23.9 Å². The molecule has 190 valence electrons. The van der Waals surface area contributed by atoms with E-state index >= 15 is 0 Å². The maximum atomic E-state index is 12.8. The van der Waals surface area contributed by atoms with Crippen molar-refractivity contribution in [3.8, 4) is 5.75 Å². The van der Waals surface area contributed by atoms with E-state index in [1.807, 2.05) is 6.92 Å². The molecule has 8 nitrogen and oxygen atoms in total. The Morgan fingerprint density at radius 3 is 2.51 bits per heavy atom. The van der Waals surface area contributed by atoms with Crippen molar-refractivity contribution in [1.29, 1.82) is 0 Å². The van der Waals surface area contributed by atoms with Crippen LogP contribution in [0.2, 0.25) is 0 Å². The number of benzene rings is 1. The van der Waals surface area contributed by atoms with E-state index < -0.39 is 43.8 Å². The number of amidine groups is 1. The van der Waals surface area contributed by atoms with Crippen molar-refractivity contribution < 1.29 is 31.8 Å². The average molecular weight is 513 g/mol. The van der Waals surface area contributed by atoms with Crippen LogP contribution in [0.4, 0.5) is 18.9 Å². The number of rotatable bonds is 2. The lowest BCUT2D eigenvalue weighted by molar-refractivity contribution is -0.137. The number of hydrogen-bond acceptors (Lipinski definition) is 7. The van der Waals surface area contributed by atoms with Crippen LogP contribution in [0.15, 0.2) is 41.5 Å². The van der Waals surface area contributed by atoms with Crippen LogP contribution >= 0.6 is 10.6 Å². The van der Waals surface area contributed by atoms with Crippen LogP contribution in [0, 0.1) is 0 Å². The lowest BCUT2D eigenvalue weighted by atomic mass is 9.85. The van der Waals surface area contributed by atoms with E-state index in [1.165, 1.54) is 0 Å². The Morgan fingerprint density at radius 2 is 1.91 bits per heavy atom. The van der Waals surface area contributed by atoms with Crippen molar-refractivity contribution in [3.05, 3.63) is 53.3 Å². The van der Waals surface area contributed by atoms with Gasteiger partial charge in [0.2, 0.25) is 0 Å². The lowest BCUT2D eigenvalue weighted by Gasteiger charge is -2.58. The summed E-state index contributed by atoms with van der Waals surface area (Å²) in [4.78, 5) is 21.0. The fourth-order valence-corrected chi connectivity index (χ4v) is 6.87. The van der Waals surface area contributed by atoms with Crippen molar-refractivity contribution in [2.45, 2.75) is 61.9 Å². The minimum atomic E-state index is -4.56. The molecule has 35 heavy (non-hydrogen) atoms. The van der Waals surface area contributed by atoms with Gasteiger partial charge in [0.05, 0.1) is 16.9 Å². The normalized spacial score (nSPS) is 27.9. The summed E-state index contributed by atoms with van der Waals surface area (Å²) in [5, 5.41) is 1.91. The molecule has 0 fully saturated rings. The third kappa shape index (κ3) is 4.13. The van der Waals surface area contributed by atoms with Crippen molar-refractivity contribution in [2.75, 3.05) is 5.32 Å². The summed E-state index contributed by atoms with van der Waals surface area (Å²) >= 11 is 0. The summed E-state index contributed by atoms with van der Waals surface area (Å²) < 4.78 is 65.9. The first-order valence-electron chi connectivity index (χ1n) is 10.9. The maximum absolute atomic E-state index is 12.8. The molecule has 2 aliphatic rings. The third-order valence-electron chi connectivity index (χ3n) is 6.72. The first-order chi connectivity index (χ1) is 16.1. The number of carbonyl (C=O) groups is 1. The number of amides is 1. The number of pyridine rings is 1. The van der Waals surface area contributed by atoms with E-state index in [0.29, 0.717) is 29.6 Å². The van der Waals surface area contributed by atoms with Gasteiger partial charge in [-0.25, -0.2) is 0 Å². The van der Waals surface area contributed by atoms with Crippen LogP contribution < -0.4 is 15.8 Å². The van der Waals surface area contributed by atoms with E-state index in [9.17, 15) is 27.1 Å². The summed E-state index contributed by atoms with van der Waals surface area (Å²) in [7, 11) is -3.29. The van der Waals surface area contributed by atoms with Crippen LogP contribution in [-0.2, 0) is 11.7 Å². The molecule has 4 rings (SSSR count). The van der Waals surface area contributed by atoms with Crippen molar-refractivity contribution >= 4 is 28.0 Å². The molecule has 0 saturated heterocycles. The van der Waals surface area contributed by atoms with Crippen LogP contribution in [0.1, 0.15) is 55.7 Å². The predicted molar refractivity (Wildman–Crippen MR) is 128 cm³/mol. The standard InChI is InChI=1S/C23H27F3N4O4S/c1-12-9-18-22(4,30-20(27)21(2,3)35(18,32)33)15-10-14(6-8-17(15)34-12)29-19(31)16-7-5-13(11-28-16)23(24,25)26/h5-8,10-12,18,32-33H,9H2,1-4H3,(H2,27,30)(H,29,31)/t12-,18+,22+/m0/s1. The van der Waals surface area contributed by atoms with E-state index in [4.69, 9.17) is 15.5 Å². The molecule has 0 bridgehead atoms. The molecule has 1 aromatic carbocycles. The predicted octanol–water partition coefficient (Wildman–Crippen LogP) is 5.01. The molecule has 5 N–H and O–H groups in total. The molecule has 0 aliphatic carbocycles. The second-order valence-electron chi connectivity index (χ2n) is 9.50. The fraction of sp³-hybridized carbons (Fsp3) is 0.435. The highest BCUT2D eigenvalue weighted by atomic mass is 32.3. The van der Waals surface area contributed by atoms with Gasteiger partial charge in [-0.1, -0.05) is 0 Å². The maximum Gasteiger partial charge on any atom is 0.417 e. The first-order valence-corrected chi connectivity index (χ1v) is 12.5. The summed E-state index contributed by atoms with van der Waals surface area (Å²) in [5.41, 5.74) is 4.71. The molecule has 2 aliphatic heterocycles. The van der Waals surface area contributed by atoms with Gasteiger partial charge in [-0.05, 0) is 58.0 Å². The SMILES string of the molecule is C[C@H]1C[C@@H]2[C@](C)(N=C(N)C(C)(C)S2(O)O)c2cc(NC(=O)c3ccc(C(F)(F)F)cn3)ccc2O1. The number of aliphatic imine (C=N–C) groups is 1. The van der Waals surface area contributed by atoms with Crippen LogP contribution in [0.25, 0.3) is 0 Å². The van der Waals surface area contributed by atoms with E-state index in [1.54, 1.807) is 39.0 Å². The summed E-state index contributed by atoms with van der Waals surface area (Å²) in [6.07, 6.45) is -4.01. The Balaban J connectivity index is 1.73. The fourth-order valence-electron chi connectivity index (χ4n) is 4.45. The Bertz CT molecular complexity index is 1200. The van der Waals surface area contributed by atoms with E-state index in [-0.39, 0.29) is 17.6 Å². The Kier molecular flexibility index (Phi) is 5.85. The second-order valence-corrected chi connectivity index (χ2v) is 12.3. The van der Waals surface area contributed by atoms with Gasteiger partial charge in [0.25, 0.3) is 5.91 Å². The number of nitrogens with zero attached hydrogens (tertiary/aromatic N) is 2. The summed E-state index contributed by atoms with van der Waals surface area (Å²) in [6, 6.07) is 6.59. The number of hydrogen-bond donors (Lipinski definition) is 4. The Labute approximate surface area is 202 Å². The highest BCUT2D eigenvalue weighted by Crippen LogP contribution is 2.66. The Morgan fingerprint density at radius 1 is 1.23 bits per heavy atom. The van der Waals surface area contributed by atoms with Gasteiger partial charge in [-0.15, -0.1) is 0 Å². The number of aromatic nitrogens is 1. The van der Waals surface area contributed by atoms with Crippen LogP contribution in [0.3, 0.4) is 0 Å². The molecule has 1 amide bonds. The first kappa shape index (κ1) is 25.3. The van der Waals surface area contributed by atoms with Gasteiger partial charge in [0.1, 0.15) is 27.6 Å². The summed E-state index contributed by atoms with van der Waals surface area (Å²) in [6.45, 7) is 6.86. The lowest BCUT2D eigenvalue weighted by Crippen LogP contribution is -2.57. The number of ether oxygens (including phenoxy) is 1. The molecule has 2 aromatic rings. The highest BCUT2D eigenvalue weighted by molar-refractivity contribution is 8.26. The molecule has 12 heteroatoms. The zero-order chi connectivity index (χ0) is 26.0. The molecule has 0 spiro atoms. The van der Waals surface area contributed by atoms with E-state index in [2.05, 4.69) is 10.3 Å². The Hall–Kier alpha value is -2.83. The molecule has 1 aromatic heterocycles. The average Bonchev–Trinajstić information content (AvgIpc) is 2.87. The number of halogens is 3. The molecule has 0 saturated carbocycles. The van der Waals surface area contributed by atoms with Gasteiger partial charge < -0.3 is 15.8 Å². The number of anilines is 1. The number of carbonyl (C=O) groups excluding carboxylic acids is 1. The topological polar surface area (TPSA) is 130 Å². The van der Waals surface area contributed by atoms with Crippen LogP contribution in [0.5, 0.6) is 5.75 Å². The minimum absolute atomic E-state index is 0.0974. The van der Waals surface area contributed by atoms with Gasteiger partial charge in [0, 0.05) is 23.9 Å². The highest BCUT2D eigenvalue weighted by Gasteiger charge is 2.58. The zero-order valence-corrected chi connectivity index (χ0v) is 20.4. The van der Waals surface area contributed by atoms with Gasteiger partial charge in [0.15, 0.2) is 0 Å². The number of fused-ring (bicyclic) bond motifs is 3. The second kappa shape index (κ2) is 8.10. The minimum Gasteiger partial charge on any atom is -0.490 e. The molecule has 3 atom stereocenters. The summed E-state index contributed by atoms with van der Waals surface area (Å²) in [5.74, 6) is -0.153. The van der Waals surface area contributed by atoms with Crippen molar-refractivity contribution in [2.24, 2.45) is 10.7 Å². The molecule has 0 radical (unpaired) electrons. The molecular weight excluding hydrogens is 485 g/mol. The number of nitrogens with two attached hydrogens (primary N) is 1. The van der Waals surface area contributed by atoms with Gasteiger partial charge >= 0.3 is 6.18 Å². The molecule has 3 heterocycles. The number of alkyl halides is 3. The third-order valence-corrected chi connectivity index (χ3v) is 9.88. The van der Waals surface area contributed by atoms with Crippen molar-refractivity contribution in [3.63, 3.8) is 0 Å². The largest absolute Gasteiger partial charge is 0.490 e. The monoisotopic (exact) mass is 512 g/mol. The number of nitrogens with one attached hydrogen (secondary N) is 1. The van der Waals surface area contributed by atoms with Gasteiger partial charge in [-0.2, -0.15) is 23.8 Å². The van der Waals surface area contributed by atoms with E-state index in [0.717, 1.165) is 12.1 Å². The van der Waals surface area contributed by atoms with Crippen molar-refractivity contribution in [1.82, 2.24) is 4.98 Å². The quantitative estimate of drug-likeness (QED) is 0.448. The zero-order valence-electron chi connectivity index (χ0n) is 19.6. The van der Waals surface area contributed by atoms with Crippen LogP contribution in [-0.4, -0.2) is 41.9 Å². The smallest absolute Gasteiger partial charge is 0.417 e. The molecule has 0 unspecified atom stereocenters.